The van der Waals surface area contributed by atoms with Crippen LogP contribution < -0.4 is 10.6 Å². The van der Waals surface area contributed by atoms with Crippen LogP contribution in [0, 0.1) is 0 Å². The molecule has 0 aliphatic heterocycles. The lowest BCUT2D eigenvalue weighted by molar-refractivity contribution is -0.120. The maximum Gasteiger partial charge on any atom is 0.233 e. The fourth-order valence-electron chi connectivity index (χ4n) is 1.83. The van der Waals surface area contributed by atoms with Crippen LogP contribution in [-0.4, -0.2) is 25.0 Å². The van der Waals surface area contributed by atoms with Crippen molar-refractivity contribution in [2.45, 2.75) is 51.5 Å². The second-order valence-electron chi connectivity index (χ2n) is 4.07. The summed E-state index contributed by atoms with van der Waals surface area (Å²) in [5, 5.41) is 6.20. The third-order valence-electron chi connectivity index (χ3n) is 2.76. The van der Waals surface area contributed by atoms with Crippen molar-refractivity contribution >= 4 is 5.91 Å². The Morgan fingerprint density at radius 1 is 1.36 bits per heavy atom. The summed E-state index contributed by atoms with van der Waals surface area (Å²) in [7, 11) is 0. The van der Waals surface area contributed by atoms with E-state index in [-0.39, 0.29) is 5.91 Å². The number of nitrogens with one attached hydrogen (secondary N) is 2. The highest BCUT2D eigenvalue weighted by molar-refractivity contribution is 5.77. The number of rotatable bonds is 6. The van der Waals surface area contributed by atoms with Crippen molar-refractivity contribution in [3.8, 4) is 0 Å². The first-order valence-electron chi connectivity index (χ1n) is 5.83. The van der Waals surface area contributed by atoms with Crippen molar-refractivity contribution in [1.82, 2.24) is 10.6 Å². The molecule has 1 aliphatic rings. The zero-order chi connectivity index (χ0) is 10.2. The number of hydrogen-bond acceptors (Lipinski definition) is 2. The Bertz CT molecular complexity index is 165. The van der Waals surface area contributed by atoms with Crippen molar-refractivity contribution in [3.63, 3.8) is 0 Å². The maximum atomic E-state index is 11.3. The highest BCUT2D eigenvalue weighted by atomic mass is 16.1. The largest absolute Gasteiger partial charge is 0.355 e. The molecule has 82 valence electrons. The second kappa shape index (κ2) is 6.82. The van der Waals surface area contributed by atoms with Gasteiger partial charge >= 0.3 is 0 Å². The second-order valence-corrected chi connectivity index (χ2v) is 4.07. The molecular formula is C11H22N2O. The van der Waals surface area contributed by atoms with Crippen LogP contribution in [0.1, 0.15) is 45.4 Å². The van der Waals surface area contributed by atoms with Gasteiger partial charge in [-0.3, -0.25) is 4.79 Å². The van der Waals surface area contributed by atoms with Crippen LogP contribution in [0.15, 0.2) is 0 Å². The van der Waals surface area contributed by atoms with Crippen molar-refractivity contribution in [2.24, 2.45) is 0 Å². The van der Waals surface area contributed by atoms with Crippen molar-refractivity contribution in [1.29, 1.82) is 0 Å². The predicted octanol–water partition coefficient (Wildman–Crippen LogP) is 1.43. The van der Waals surface area contributed by atoms with Crippen LogP contribution in [0.5, 0.6) is 0 Å². The quantitative estimate of drug-likeness (QED) is 0.634. The van der Waals surface area contributed by atoms with E-state index < -0.39 is 0 Å². The molecule has 2 N–H and O–H groups in total. The summed E-state index contributed by atoms with van der Waals surface area (Å²) in [5.74, 6) is 0.144. The van der Waals surface area contributed by atoms with Gasteiger partial charge in [-0.1, -0.05) is 26.2 Å². The molecule has 1 rings (SSSR count). The summed E-state index contributed by atoms with van der Waals surface area (Å²) in [5.41, 5.74) is 0. The topological polar surface area (TPSA) is 41.1 Å². The molecule has 14 heavy (non-hydrogen) atoms. The zero-order valence-corrected chi connectivity index (χ0v) is 9.14. The van der Waals surface area contributed by atoms with Gasteiger partial charge in [-0.25, -0.2) is 0 Å². The smallest absolute Gasteiger partial charge is 0.233 e. The molecule has 0 saturated heterocycles. The standard InChI is InChI=1S/C11H22N2O/c1-2-3-8-12-11(14)9-13-10-6-4-5-7-10/h10,13H,2-9H2,1H3,(H,12,14). The van der Waals surface area contributed by atoms with Gasteiger partial charge in [0.25, 0.3) is 0 Å². The first-order chi connectivity index (χ1) is 6.83. The monoisotopic (exact) mass is 198 g/mol. The molecule has 0 unspecified atom stereocenters. The third kappa shape index (κ3) is 4.61. The molecule has 0 bridgehead atoms. The first kappa shape index (κ1) is 11.5. The lowest BCUT2D eigenvalue weighted by Crippen LogP contribution is -2.38. The van der Waals surface area contributed by atoms with E-state index in [4.69, 9.17) is 0 Å². The minimum atomic E-state index is 0.144. The highest BCUT2D eigenvalue weighted by Crippen LogP contribution is 2.17. The van der Waals surface area contributed by atoms with Gasteiger partial charge in [0.1, 0.15) is 0 Å². The Labute approximate surface area is 86.6 Å². The van der Waals surface area contributed by atoms with E-state index >= 15 is 0 Å². The van der Waals surface area contributed by atoms with Crippen LogP contribution in [0.3, 0.4) is 0 Å². The molecular weight excluding hydrogens is 176 g/mol. The molecule has 0 spiro atoms. The van der Waals surface area contributed by atoms with Gasteiger partial charge in [0.15, 0.2) is 0 Å². The van der Waals surface area contributed by atoms with Crippen molar-refractivity contribution in [3.05, 3.63) is 0 Å². The van der Waals surface area contributed by atoms with Gasteiger partial charge in [0.05, 0.1) is 6.54 Å². The number of carbonyl (C=O) groups excluding carboxylic acids is 1. The number of carbonyl (C=O) groups is 1. The molecule has 0 aromatic carbocycles. The van der Waals surface area contributed by atoms with Crippen LogP contribution in [0.25, 0.3) is 0 Å². The third-order valence-corrected chi connectivity index (χ3v) is 2.76. The van der Waals surface area contributed by atoms with Crippen LogP contribution >= 0.6 is 0 Å². The summed E-state index contributed by atoms with van der Waals surface area (Å²) in [6.07, 6.45) is 7.32. The van der Waals surface area contributed by atoms with Crippen LogP contribution in [0.4, 0.5) is 0 Å². The molecule has 1 saturated carbocycles. The summed E-state index contributed by atoms with van der Waals surface area (Å²) >= 11 is 0. The molecule has 0 aromatic heterocycles. The first-order valence-corrected chi connectivity index (χ1v) is 5.83. The Kier molecular flexibility index (Phi) is 5.60. The van der Waals surface area contributed by atoms with Crippen LogP contribution in [0.2, 0.25) is 0 Å². The fraction of sp³-hybridized carbons (Fsp3) is 0.909. The summed E-state index contributed by atoms with van der Waals surface area (Å²) in [4.78, 5) is 11.3. The average molecular weight is 198 g/mol. The van der Waals surface area contributed by atoms with Crippen molar-refractivity contribution < 1.29 is 4.79 Å². The van der Waals surface area contributed by atoms with E-state index in [0.717, 1.165) is 19.4 Å². The fourth-order valence-corrected chi connectivity index (χ4v) is 1.83. The molecule has 1 fully saturated rings. The Balaban J connectivity index is 1.96. The minimum Gasteiger partial charge on any atom is -0.355 e. The Morgan fingerprint density at radius 3 is 2.71 bits per heavy atom. The summed E-state index contributed by atoms with van der Waals surface area (Å²) in [6, 6.07) is 0.590. The van der Waals surface area contributed by atoms with E-state index in [2.05, 4.69) is 17.6 Å². The van der Waals surface area contributed by atoms with Gasteiger partial charge in [-0.05, 0) is 19.3 Å². The zero-order valence-electron chi connectivity index (χ0n) is 9.14. The number of hydrogen-bond donors (Lipinski definition) is 2. The molecule has 3 heteroatoms. The highest BCUT2D eigenvalue weighted by Gasteiger charge is 2.14. The van der Waals surface area contributed by atoms with E-state index in [9.17, 15) is 4.79 Å². The molecule has 1 aliphatic carbocycles. The lowest BCUT2D eigenvalue weighted by Gasteiger charge is -2.11. The normalized spacial score (nSPS) is 17.2. The van der Waals surface area contributed by atoms with E-state index in [0.29, 0.717) is 12.6 Å². The van der Waals surface area contributed by atoms with E-state index in [1.807, 2.05) is 0 Å². The summed E-state index contributed by atoms with van der Waals surface area (Å²) < 4.78 is 0. The van der Waals surface area contributed by atoms with Gasteiger partial charge < -0.3 is 10.6 Å². The number of amides is 1. The average Bonchev–Trinajstić information content (AvgIpc) is 2.68. The molecule has 0 atom stereocenters. The van der Waals surface area contributed by atoms with E-state index in [1.165, 1.54) is 25.7 Å². The van der Waals surface area contributed by atoms with Gasteiger partial charge in [0, 0.05) is 12.6 Å². The molecule has 0 aromatic rings. The molecule has 1 amide bonds. The minimum absolute atomic E-state index is 0.144. The Hall–Kier alpha value is -0.570. The molecule has 3 nitrogen and oxygen atoms in total. The van der Waals surface area contributed by atoms with Gasteiger partial charge in [-0.15, -0.1) is 0 Å². The van der Waals surface area contributed by atoms with Crippen LogP contribution in [-0.2, 0) is 4.79 Å². The predicted molar refractivity (Wildman–Crippen MR) is 58.2 cm³/mol. The molecule has 0 radical (unpaired) electrons. The summed E-state index contributed by atoms with van der Waals surface area (Å²) in [6.45, 7) is 3.44. The molecule has 0 heterocycles. The van der Waals surface area contributed by atoms with Crippen molar-refractivity contribution in [2.75, 3.05) is 13.1 Å². The SMILES string of the molecule is CCCCNC(=O)CNC1CCCC1. The number of unbranched alkanes of at least 4 members (excludes halogenated alkanes) is 1. The Morgan fingerprint density at radius 2 is 2.07 bits per heavy atom. The van der Waals surface area contributed by atoms with Gasteiger partial charge in [-0.2, -0.15) is 0 Å². The lowest BCUT2D eigenvalue weighted by atomic mass is 10.2. The maximum absolute atomic E-state index is 11.3. The van der Waals surface area contributed by atoms with E-state index in [1.54, 1.807) is 0 Å². The van der Waals surface area contributed by atoms with Gasteiger partial charge in [0.2, 0.25) is 5.91 Å².